The van der Waals surface area contributed by atoms with Crippen molar-refractivity contribution in [1.82, 2.24) is 18.9 Å². The van der Waals surface area contributed by atoms with Crippen molar-refractivity contribution in [3.63, 3.8) is 0 Å². The number of aryl methyl sites for hydroxylation is 2. The van der Waals surface area contributed by atoms with E-state index in [9.17, 15) is 38.2 Å². The molecule has 0 radical (unpaired) electrons. The lowest BCUT2D eigenvalue weighted by atomic mass is 10.1. The van der Waals surface area contributed by atoms with Crippen LogP contribution in [0.3, 0.4) is 0 Å². The number of thioether (sulfide) groups is 1. The molecule has 0 amide bonds. The Morgan fingerprint density at radius 3 is 1.90 bits per heavy atom. The molecule has 0 saturated carbocycles. The van der Waals surface area contributed by atoms with Gasteiger partial charge < -0.3 is 38.9 Å². The maximum Gasteiger partial charge on any atom is 0.341 e. The van der Waals surface area contributed by atoms with Crippen molar-refractivity contribution in [3.8, 4) is 0 Å². The lowest BCUT2D eigenvalue weighted by Crippen LogP contribution is -2.45. The van der Waals surface area contributed by atoms with Gasteiger partial charge >= 0.3 is 11.9 Å². The molecule has 3 aliphatic rings. The summed E-state index contributed by atoms with van der Waals surface area (Å²) in [6.45, 7) is 9.21. The van der Waals surface area contributed by atoms with Crippen LogP contribution in [0.2, 0.25) is 0 Å². The Labute approximate surface area is 284 Å². The fraction of sp³-hybridized carbons (Fsp3) is 0.412. The molecular formula is C34H38F2N6O6S. The largest absolute Gasteiger partial charge is 0.477 e. The first kappa shape index (κ1) is 34.4. The summed E-state index contributed by atoms with van der Waals surface area (Å²) in [6.07, 6.45) is 2.72. The maximum absolute atomic E-state index is 15.0. The zero-order valence-electron chi connectivity index (χ0n) is 27.5. The molecule has 2 aromatic heterocycles. The number of anilines is 2. The number of rotatable bonds is 5. The summed E-state index contributed by atoms with van der Waals surface area (Å²) in [5.41, 5.74) is 0.303. The molecule has 260 valence electrons. The Balaban J connectivity index is 0.000000170. The fourth-order valence-electron chi connectivity index (χ4n) is 6.63. The Morgan fingerprint density at radius 1 is 0.755 bits per heavy atom. The van der Waals surface area contributed by atoms with Gasteiger partial charge in [0.25, 0.3) is 0 Å². The number of nitrogens with zero attached hydrogens (tertiary/aromatic N) is 6. The molecule has 3 aliphatic heterocycles. The van der Waals surface area contributed by atoms with Crippen LogP contribution in [-0.4, -0.2) is 113 Å². The molecule has 2 fully saturated rings. The van der Waals surface area contributed by atoms with Crippen molar-refractivity contribution in [3.05, 3.63) is 73.8 Å². The van der Waals surface area contributed by atoms with Crippen molar-refractivity contribution >= 4 is 56.9 Å². The maximum atomic E-state index is 15.0. The van der Waals surface area contributed by atoms with Crippen LogP contribution in [0.25, 0.3) is 21.8 Å². The second-order valence-corrected chi connectivity index (χ2v) is 13.6. The molecule has 5 heterocycles. The molecule has 0 spiro atoms. The van der Waals surface area contributed by atoms with Crippen LogP contribution in [0, 0.1) is 11.6 Å². The van der Waals surface area contributed by atoms with Gasteiger partial charge in [-0.15, -0.1) is 11.8 Å². The van der Waals surface area contributed by atoms with Crippen molar-refractivity contribution in [2.24, 2.45) is 0 Å². The van der Waals surface area contributed by atoms with E-state index in [4.69, 9.17) is 0 Å². The number of benzene rings is 2. The van der Waals surface area contributed by atoms with Gasteiger partial charge in [-0.3, -0.25) is 9.59 Å². The molecule has 7 rings (SSSR count). The van der Waals surface area contributed by atoms with E-state index < -0.39 is 34.4 Å². The summed E-state index contributed by atoms with van der Waals surface area (Å²) in [6, 6.07) is 4.04. The summed E-state index contributed by atoms with van der Waals surface area (Å²) in [4.78, 5) is 56.5. The highest BCUT2D eigenvalue weighted by atomic mass is 32.2. The molecule has 4 aromatic rings. The number of halogens is 2. The summed E-state index contributed by atoms with van der Waals surface area (Å²) >= 11 is 1.54. The third-order valence-electron chi connectivity index (χ3n) is 9.44. The third-order valence-corrected chi connectivity index (χ3v) is 10.5. The number of piperazine rings is 2. The number of hydrogen-bond donors (Lipinski definition) is 2. The Kier molecular flexibility index (Phi) is 9.69. The summed E-state index contributed by atoms with van der Waals surface area (Å²) in [5.74, 6) is -2.80. The highest BCUT2D eigenvalue weighted by molar-refractivity contribution is 7.99. The lowest BCUT2D eigenvalue weighted by Gasteiger charge is -2.36. The van der Waals surface area contributed by atoms with Crippen LogP contribution in [-0.2, 0) is 13.1 Å². The first-order valence-electron chi connectivity index (χ1n) is 16.1. The molecule has 0 aliphatic carbocycles. The van der Waals surface area contributed by atoms with Crippen LogP contribution in [0.5, 0.6) is 0 Å². The average molecular weight is 697 g/mol. The third kappa shape index (κ3) is 6.49. The van der Waals surface area contributed by atoms with Crippen LogP contribution in [0.1, 0.15) is 27.6 Å². The van der Waals surface area contributed by atoms with Crippen LogP contribution < -0.4 is 20.7 Å². The molecule has 0 atom stereocenters. The van der Waals surface area contributed by atoms with Gasteiger partial charge in [0.2, 0.25) is 10.9 Å². The zero-order chi connectivity index (χ0) is 35.1. The molecule has 2 N–H and O–H groups in total. The van der Waals surface area contributed by atoms with Crippen molar-refractivity contribution in [2.75, 3.05) is 82.0 Å². The lowest BCUT2D eigenvalue weighted by molar-refractivity contribution is 0.0684. The molecular weight excluding hydrogens is 658 g/mol. The van der Waals surface area contributed by atoms with Gasteiger partial charge in [0.05, 0.1) is 32.7 Å². The number of carbonyl (C=O) groups is 2. The summed E-state index contributed by atoms with van der Waals surface area (Å²) in [5, 5.41) is 18.7. The SMILES string of the molecule is CCn1cc(C(=O)O)c(=O)c2cc(F)c(N3CCN(C)CC3)cc21.CN1CCN(c2c(F)cc3c(=O)c(C(=O)O)cn4c3c2SCC4)CC1. The van der Waals surface area contributed by atoms with Gasteiger partial charge in [0.15, 0.2) is 0 Å². The van der Waals surface area contributed by atoms with Crippen molar-refractivity contribution in [2.45, 2.75) is 24.9 Å². The number of carboxylic acid groups (broad SMARTS) is 2. The average Bonchev–Trinajstić information content (AvgIpc) is 3.07. The van der Waals surface area contributed by atoms with E-state index in [0.717, 1.165) is 44.2 Å². The topological polar surface area (TPSA) is 132 Å². The zero-order valence-corrected chi connectivity index (χ0v) is 28.4. The summed E-state index contributed by atoms with van der Waals surface area (Å²) in [7, 11) is 4.06. The number of aromatic nitrogens is 2. The van der Waals surface area contributed by atoms with E-state index in [1.54, 1.807) is 15.2 Å². The molecule has 0 bridgehead atoms. The van der Waals surface area contributed by atoms with Gasteiger partial charge in [-0.25, -0.2) is 18.4 Å². The highest BCUT2D eigenvalue weighted by Gasteiger charge is 2.28. The molecule has 0 unspecified atom stereocenters. The van der Waals surface area contributed by atoms with E-state index in [-0.39, 0.29) is 21.9 Å². The number of fused-ring (bicyclic) bond motifs is 1. The van der Waals surface area contributed by atoms with E-state index in [0.29, 0.717) is 54.3 Å². The standard InChI is InChI=1S/C17H18FN3O3S.C17H20FN3O3/c1-19-2-4-20(5-3-19)14-12(18)8-10-13-16(14)25-7-6-21(13)9-11(15(10)22)17(23)24;1-3-20-10-12(17(23)24)16(22)11-8-13(18)15(9-14(11)20)21-6-4-19(2)5-7-21/h8-9H,2-7H2,1H3,(H,23,24);8-10H,3-7H2,1-2H3,(H,23,24). The normalized spacial score (nSPS) is 16.9. The van der Waals surface area contributed by atoms with Gasteiger partial charge in [-0.2, -0.15) is 0 Å². The molecule has 15 heteroatoms. The number of hydrogen-bond acceptors (Lipinski definition) is 9. The fourth-order valence-corrected chi connectivity index (χ4v) is 7.85. The number of likely N-dealkylation sites (N-methyl/N-ethyl adjacent to an activating group) is 2. The van der Waals surface area contributed by atoms with E-state index in [2.05, 4.69) is 9.80 Å². The second kappa shape index (κ2) is 13.8. The molecule has 12 nitrogen and oxygen atoms in total. The minimum absolute atomic E-state index is 0.104. The van der Waals surface area contributed by atoms with E-state index in [1.165, 1.54) is 36.3 Å². The van der Waals surface area contributed by atoms with Gasteiger partial charge in [0.1, 0.15) is 22.8 Å². The van der Waals surface area contributed by atoms with Crippen LogP contribution >= 0.6 is 11.8 Å². The van der Waals surface area contributed by atoms with Gasteiger partial charge in [-0.05, 0) is 39.2 Å². The quantitative estimate of drug-likeness (QED) is 0.319. The van der Waals surface area contributed by atoms with Crippen molar-refractivity contribution in [1.29, 1.82) is 0 Å². The van der Waals surface area contributed by atoms with Crippen LogP contribution in [0.4, 0.5) is 20.2 Å². The van der Waals surface area contributed by atoms with Crippen LogP contribution in [0.15, 0.2) is 45.1 Å². The molecule has 2 saturated heterocycles. The molecule has 49 heavy (non-hydrogen) atoms. The Morgan fingerprint density at radius 2 is 1.31 bits per heavy atom. The van der Waals surface area contributed by atoms with Crippen molar-refractivity contribution < 1.29 is 28.6 Å². The van der Waals surface area contributed by atoms with Gasteiger partial charge in [-0.1, -0.05) is 0 Å². The van der Waals surface area contributed by atoms with E-state index in [1.807, 2.05) is 30.8 Å². The monoisotopic (exact) mass is 696 g/mol. The highest BCUT2D eigenvalue weighted by Crippen LogP contribution is 2.41. The number of pyridine rings is 2. The molecule has 2 aromatic carbocycles. The Bertz CT molecular complexity index is 2090. The minimum atomic E-state index is -1.30. The van der Waals surface area contributed by atoms with E-state index >= 15 is 0 Å². The predicted molar refractivity (Wildman–Crippen MR) is 186 cm³/mol. The number of aromatic carboxylic acids is 2. The second-order valence-electron chi connectivity index (χ2n) is 12.5. The first-order valence-corrected chi connectivity index (χ1v) is 17.1. The first-order chi connectivity index (χ1) is 23.4. The smallest absolute Gasteiger partial charge is 0.341 e. The number of carboxylic acids is 2. The predicted octanol–water partition coefficient (Wildman–Crippen LogP) is 3.31. The minimum Gasteiger partial charge on any atom is -0.477 e. The van der Waals surface area contributed by atoms with Gasteiger partial charge in [0, 0.05) is 89.0 Å². The Hall–Kier alpha value is -4.47. The summed E-state index contributed by atoms with van der Waals surface area (Å²) < 4.78 is 33.0.